The SMILES string of the molecule is COc1cc(C(=O)N2CCC3(CCCC3)C2)ccn1. The molecule has 4 heteroatoms. The second-order valence-electron chi connectivity index (χ2n) is 5.77. The Morgan fingerprint density at radius 2 is 2.16 bits per heavy atom. The first kappa shape index (κ1) is 12.5. The van der Waals surface area contributed by atoms with Gasteiger partial charge in [-0.05, 0) is 30.7 Å². The Hall–Kier alpha value is -1.58. The van der Waals surface area contributed by atoms with Gasteiger partial charge >= 0.3 is 0 Å². The van der Waals surface area contributed by atoms with Crippen LogP contribution in [0.3, 0.4) is 0 Å². The third-order valence-electron chi connectivity index (χ3n) is 4.58. The van der Waals surface area contributed by atoms with E-state index in [2.05, 4.69) is 4.98 Å². The van der Waals surface area contributed by atoms with Crippen molar-refractivity contribution in [3.8, 4) is 5.88 Å². The Balaban J connectivity index is 1.74. The minimum atomic E-state index is 0.115. The van der Waals surface area contributed by atoms with E-state index in [0.29, 0.717) is 16.9 Å². The van der Waals surface area contributed by atoms with Crippen LogP contribution in [-0.2, 0) is 0 Å². The number of methoxy groups -OCH3 is 1. The lowest BCUT2D eigenvalue weighted by Crippen LogP contribution is -2.31. The molecule has 3 rings (SSSR count). The summed E-state index contributed by atoms with van der Waals surface area (Å²) in [6, 6.07) is 3.49. The molecule has 1 saturated heterocycles. The van der Waals surface area contributed by atoms with Crippen LogP contribution in [0.4, 0.5) is 0 Å². The van der Waals surface area contributed by atoms with Crippen molar-refractivity contribution in [3.63, 3.8) is 0 Å². The van der Waals surface area contributed by atoms with Gasteiger partial charge in [-0.15, -0.1) is 0 Å². The smallest absolute Gasteiger partial charge is 0.254 e. The third-order valence-corrected chi connectivity index (χ3v) is 4.58. The van der Waals surface area contributed by atoms with Gasteiger partial charge in [0.2, 0.25) is 5.88 Å². The van der Waals surface area contributed by atoms with Crippen LogP contribution in [0.25, 0.3) is 0 Å². The number of rotatable bonds is 2. The summed E-state index contributed by atoms with van der Waals surface area (Å²) in [7, 11) is 1.57. The zero-order valence-corrected chi connectivity index (χ0v) is 11.4. The first-order chi connectivity index (χ1) is 9.22. The predicted molar refractivity (Wildman–Crippen MR) is 72.2 cm³/mol. The fraction of sp³-hybridized carbons (Fsp3) is 0.600. The average Bonchev–Trinajstić information content (AvgIpc) is 3.09. The highest BCUT2D eigenvalue weighted by Crippen LogP contribution is 2.45. The second kappa shape index (κ2) is 4.83. The van der Waals surface area contributed by atoms with Crippen LogP contribution in [0, 0.1) is 5.41 Å². The van der Waals surface area contributed by atoms with Gasteiger partial charge in [0.05, 0.1) is 7.11 Å². The first-order valence-electron chi connectivity index (χ1n) is 7.02. The summed E-state index contributed by atoms with van der Waals surface area (Å²) in [5.74, 6) is 0.616. The molecule has 0 radical (unpaired) electrons. The van der Waals surface area contributed by atoms with Crippen molar-refractivity contribution in [1.29, 1.82) is 0 Å². The van der Waals surface area contributed by atoms with Crippen molar-refractivity contribution >= 4 is 5.91 Å². The Morgan fingerprint density at radius 1 is 1.37 bits per heavy atom. The van der Waals surface area contributed by atoms with Gasteiger partial charge in [0.1, 0.15) is 0 Å². The molecule has 0 aromatic carbocycles. The topological polar surface area (TPSA) is 42.4 Å². The van der Waals surface area contributed by atoms with Gasteiger partial charge in [-0.25, -0.2) is 4.98 Å². The number of amides is 1. The van der Waals surface area contributed by atoms with E-state index in [1.54, 1.807) is 25.4 Å². The Bertz CT molecular complexity index is 481. The molecular formula is C15H20N2O2. The molecule has 0 unspecified atom stereocenters. The molecule has 2 heterocycles. The predicted octanol–water partition coefficient (Wildman–Crippen LogP) is 2.50. The monoisotopic (exact) mass is 260 g/mol. The maximum atomic E-state index is 12.5. The lowest BCUT2D eigenvalue weighted by molar-refractivity contribution is 0.0772. The van der Waals surface area contributed by atoms with E-state index in [1.165, 1.54) is 32.1 Å². The van der Waals surface area contributed by atoms with Gasteiger partial charge in [-0.1, -0.05) is 12.8 Å². The molecule has 4 nitrogen and oxygen atoms in total. The molecule has 1 aromatic rings. The number of carbonyl (C=O) groups is 1. The Labute approximate surface area is 113 Å². The molecule has 1 amide bonds. The maximum Gasteiger partial charge on any atom is 0.254 e. The van der Waals surface area contributed by atoms with E-state index >= 15 is 0 Å². The van der Waals surface area contributed by atoms with Crippen LogP contribution in [0.1, 0.15) is 42.5 Å². The summed E-state index contributed by atoms with van der Waals surface area (Å²) in [4.78, 5) is 18.5. The quantitative estimate of drug-likeness (QED) is 0.820. The van der Waals surface area contributed by atoms with Crippen molar-refractivity contribution < 1.29 is 9.53 Å². The normalized spacial score (nSPS) is 21.0. The van der Waals surface area contributed by atoms with Crippen molar-refractivity contribution in [1.82, 2.24) is 9.88 Å². The van der Waals surface area contributed by atoms with Gasteiger partial charge in [0, 0.05) is 30.9 Å². The summed E-state index contributed by atoms with van der Waals surface area (Å²) >= 11 is 0. The highest BCUT2D eigenvalue weighted by atomic mass is 16.5. The number of hydrogen-bond acceptors (Lipinski definition) is 3. The molecule has 2 fully saturated rings. The van der Waals surface area contributed by atoms with Gasteiger partial charge in [-0.2, -0.15) is 0 Å². The van der Waals surface area contributed by atoms with Crippen LogP contribution in [-0.4, -0.2) is 36.0 Å². The molecule has 0 bridgehead atoms. The van der Waals surface area contributed by atoms with Crippen LogP contribution in [0.5, 0.6) is 5.88 Å². The highest BCUT2D eigenvalue weighted by molar-refractivity contribution is 5.94. The number of hydrogen-bond donors (Lipinski definition) is 0. The van der Waals surface area contributed by atoms with Crippen LogP contribution >= 0.6 is 0 Å². The fourth-order valence-corrected chi connectivity index (χ4v) is 3.48. The minimum absolute atomic E-state index is 0.115. The van der Waals surface area contributed by atoms with E-state index in [4.69, 9.17) is 4.74 Å². The molecule has 2 aliphatic rings. The molecule has 19 heavy (non-hydrogen) atoms. The van der Waals surface area contributed by atoms with Crippen LogP contribution in [0.2, 0.25) is 0 Å². The molecule has 1 aliphatic carbocycles. The maximum absolute atomic E-state index is 12.5. The first-order valence-corrected chi connectivity index (χ1v) is 7.02. The molecule has 1 aliphatic heterocycles. The van der Waals surface area contributed by atoms with Gasteiger partial charge in [-0.3, -0.25) is 4.79 Å². The van der Waals surface area contributed by atoms with Gasteiger partial charge < -0.3 is 9.64 Å². The Kier molecular flexibility index (Phi) is 3.17. The van der Waals surface area contributed by atoms with Gasteiger partial charge in [0.15, 0.2) is 0 Å². The number of pyridine rings is 1. The minimum Gasteiger partial charge on any atom is -0.481 e. The third kappa shape index (κ3) is 2.31. The number of carbonyl (C=O) groups excluding carboxylic acids is 1. The average molecular weight is 260 g/mol. The van der Waals surface area contributed by atoms with E-state index in [9.17, 15) is 4.79 Å². The van der Waals surface area contributed by atoms with Crippen molar-refractivity contribution in [2.45, 2.75) is 32.1 Å². The number of nitrogens with zero attached hydrogens (tertiary/aromatic N) is 2. The molecule has 1 saturated carbocycles. The largest absolute Gasteiger partial charge is 0.481 e. The molecule has 0 N–H and O–H groups in total. The Morgan fingerprint density at radius 3 is 2.89 bits per heavy atom. The summed E-state index contributed by atoms with van der Waals surface area (Å²) < 4.78 is 5.08. The molecule has 0 atom stereocenters. The van der Waals surface area contributed by atoms with E-state index < -0.39 is 0 Å². The molecule has 1 spiro atoms. The summed E-state index contributed by atoms with van der Waals surface area (Å²) in [5, 5.41) is 0. The second-order valence-corrected chi connectivity index (χ2v) is 5.77. The molecular weight excluding hydrogens is 240 g/mol. The lowest BCUT2D eigenvalue weighted by Gasteiger charge is -2.23. The number of aromatic nitrogens is 1. The molecule has 102 valence electrons. The zero-order chi connectivity index (χ0) is 13.3. The van der Waals surface area contributed by atoms with Crippen molar-refractivity contribution in [3.05, 3.63) is 23.9 Å². The van der Waals surface area contributed by atoms with Crippen LogP contribution < -0.4 is 4.74 Å². The number of ether oxygens (including phenoxy) is 1. The van der Waals surface area contributed by atoms with Crippen molar-refractivity contribution in [2.24, 2.45) is 5.41 Å². The van der Waals surface area contributed by atoms with Gasteiger partial charge in [0.25, 0.3) is 5.91 Å². The van der Waals surface area contributed by atoms with E-state index in [-0.39, 0.29) is 5.91 Å². The highest BCUT2D eigenvalue weighted by Gasteiger charge is 2.41. The van der Waals surface area contributed by atoms with Crippen LogP contribution in [0.15, 0.2) is 18.3 Å². The van der Waals surface area contributed by atoms with E-state index in [1.807, 2.05) is 4.90 Å². The fourth-order valence-electron chi connectivity index (χ4n) is 3.48. The van der Waals surface area contributed by atoms with E-state index in [0.717, 1.165) is 13.1 Å². The summed E-state index contributed by atoms with van der Waals surface area (Å²) in [6.07, 6.45) is 8.03. The van der Waals surface area contributed by atoms with Crippen molar-refractivity contribution in [2.75, 3.05) is 20.2 Å². The standard InChI is InChI=1S/C15H20N2O2/c1-19-13-10-12(4-8-16-13)14(18)17-9-7-15(11-17)5-2-3-6-15/h4,8,10H,2-3,5-7,9,11H2,1H3. The lowest BCUT2D eigenvalue weighted by atomic mass is 9.86. The number of likely N-dealkylation sites (tertiary alicyclic amines) is 1. The molecule has 1 aromatic heterocycles. The summed E-state index contributed by atoms with van der Waals surface area (Å²) in [6.45, 7) is 1.82. The zero-order valence-electron chi connectivity index (χ0n) is 11.4. The summed E-state index contributed by atoms with van der Waals surface area (Å²) in [5.41, 5.74) is 1.11.